The number of ether oxygens (including phenoxy) is 2. The van der Waals surface area contributed by atoms with E-state index in [1.165, 1.54) is 7.11 Å². The molecule has 0 N–H and O–H groups in total. The number of fused-ring (bicyclic) bond motifs is 3. The Morgan fingerprint density at radius 3 is 2.60 bits per heavy atom. The van der Waals surface area contributed by atoms with Gasteiger partial charge in [0, 0.05) is 17.1 Å². The van der Waals surface area contributed by atoms with E-state index < -0.39 is 21.8 Å². The minimum absolute atomic E-state index is 0.232. The predicted octanol–water partition coefficient (Wildman–Crippen LogP) is 4.18. The monoisotopic (exact) mass is 456 g/mol. The Morgan fingerprint density at radius 2 is 2.03 bits per heavy atom. The van der Waals surface area contributed by atoms with Gasteiger partial charge < -0.3 is 9.47 Å². The Kier molecular flexibility index (Phi) is 5.92. The number of benzene rings is 1. The molecule has 0 bridgehead atoms. The van der Waals surface area contributed by atoms with Crippen molar-refractivity contribution in [3.63, 3.8) is 0 Å². The number of rotatable bonds is 4. The second kappa shape index (κ2) is 7.86. The number of hydrogen-bond acceptors (Lipinski definition) is 7. The van der Waals surface area contributed by atoms with E-state index in [1.54, 1.807) is 17.2 Å². The molecule has 3 rings (SSSR count). The number of nitrogens with zero attached hydrogens (tertiary/aromatic N) is 2. The third kappa shape index (κ3) is 4.48. The molecule has 0 saturated heterocycles. The van der Waals surface area contributed by atoms with E-state index in [-0.39, 0.29) is 17.7 Å². The zero-order valence-corrected chi connectivity index (χ0v) is 19.3. The molecule has 1 aromatic carbocycles. The maximum Gasteiger partial charge on any atom is 0.411 e. The highest BCUT2D eigenvalue weighted by Gasteiger charge is 2.35. The number of pyridine rings is 1. The molecule has 8 nitrogen and oxygen atoms in total. The summed E-state index contributed by atoms with van der Waals surface area (Å²) in [4.78, 5) is 18.8. The summed E-state index contributed by atoms with van der Waals surface area (Å²) in [5.41, 5.74) is 2.06. The fraction of sp³-hybridized carbons (Fsp3) is 0.500. The Labute approximate surface area is 181 Å². The summed E-state index contributed by atoms with van der Waals surface area (Å²) < 4.78 is 38.9. The third-order valence-corrected chi connectivity index (χ3v) is 5.73. The lowest BCUT2D eigenvalue weighted by molar-refractivity contribution is 0.0188. The van der Waals surface area contributed by atoms with Gasteiger partial charge in [0.05, 0.1) is 43.1 Å². The van der Waals surface area contributed by atoms with Crippen molar-refractivity contribution in [3.8, 4) is 5.75 Å². The first-order valence-corrected chi connectivity index (χ1v) is 11.5. The van der Waals surface area contributed by atoms with Crippen LogP contribution in [0.2, 0.25) is 5.02 Å². The van der Waals surface area contributed by atoms with Gasteiger partial charge in [0.25, 0.3) is 10.1 Å². The van der Waals surface area contributed by atoms with Crippen molar-refractivity contribution in [2.45, 2.75) is 52.5 Å². The molecule has 0 fully saturated rings. The van der Waals surface area contributed by atoms with Crippen molar-refractivity contribution >= 4 is 38.7 Å². The van der Waals surface area contributed by atoms with Crippen molar-refractivity contribution in [2.75, 3.05) is 13.4 Å². The van der Waals surface area contributed by atoms with Gasteiger partial charge in [0.2, 0.25) is 0 Å². The van der Waals surface area contributed by atoms with Crippen LogP contribution in [-0.2, 0) is 32.2 Å². The van der Waals surface area contributed by atoms with Crippen molar-refractivity contribution in [1.29, 1.82) is 0 Å². The highest BCUT2D eigenvalue weighted by atomic mass is 35.5. The van der Waals surface area contributed by atoms with Crippen LogP contribution >= 0.6 is 11.6 Å². The first kappa shape index (κ1) is 22.6. The second-order valence-electron chi connectivity index (χ2n) is 8.22. The van der Waals surface area contributed by atoms with E-state index in [4.69, 9.17) is 25.3 Å². The van der Waals surface area contributed by atoms with Gasteiger partial charge in [-0.2, -0.15) is 8.42 Å². The number of hydrogen-bond donors (Lipinski definition) is 0. The van der Waals surface area contributed by atoms with Crippen LogP contribution in [0.3, 0.4) is 0 Å². The molecule has 2 aromatic rings. The minimum Gasteiger partial charge on any atom is -0.495 e. The molecule has 1 aliphatic heterocycles. The fourth-order valence-corrected chi connectivity index (χ4v) is 4.11. The molecule has 0 saturated carbocycles. The molecule has 1 aromatic heterocycles. The maximum atomic E-state index is 12.7. The molecule has 0 unspecified atom stereocenters. The van der Waals surface area contributed by atoms with Crippen LogP contribution in [0.15, 0.2) is 12.3 Å². The smallest absolute Gasteiger partial charge is 0.411 e. The zero-order chi connectivity index (χ0) is 22.4. The molecular formula is C20H25ClN2O6S. The molecular weight excluding hydrogens is 432 g/mol. The molecule has 2 heterocycles. The predicted molar refractivity (Wildman–Crippen MR) is 113 cm³/mol. The van der Waals surface area contributed by atoms with Crippen molar-refractivity contribution in [1.82, 2.24) is 9.88 Å². The van der Waals surface area contributed by atoms with Crippen LogP contribution < -0.4 is 4.74 Å². The summed E-state index contributed by atoms with van der Waals surface area (Å²) in [6, 6.07) is 1.47. The fourth-order valence-electron chi connectivity index (χ4n) is 3.50. The summed E-state index contributed by atoms with van der Waals surface area (Å²) in [6.45, 7) is 7.43. The lowest BCUT2D eigenvalue weighted by atomic mass is 9.98. The van der Waals surface area contributed by atoms with E-state index in [0.29, 0.717) is 23.4 Å². The summed E-state index contributed by atoms with van der Waals surface area (Å²) >= 11 is 6.43. The molecule has 0 aliphatic carbocycles. The number of halogens is 1. The normalized spacial score (nSPS) is 16.6. The van der Waals surface area contributed by atoms with E-state index in [2.05, 4.69) is 4.98 Å². The van der Waals surface area contributed by atoms with Crippen molar-refractivity contribution in [2.24, 2.45) is 0 Å². The van der Waals surface area contributed by atoms with E-state index >= 15 is 0 Å². The van der Waals surface area contributed by atoms with Crippen LogP contribution in [0.5, 0.6) is 5.75 Å². The van der Waals surface area contributed by atoms with Gasteiger partial charge in [-0.1, -0.05) is 11.6 Å². The van der Waals surface area contributed by atoms with Crippen LogP contribution in [-0.4, -0.2) is 43.4 Å². The largest absolute Gasteiger partial charge is 0.495 e. The molecule has 0 spiro atoms. The number of aromatic nitrogens is 1. The van der Waals surface area contributed by atoms with Gasteiger partial charge in [-0.15, -0.1) is 0 Å². The van der Waals surface area contributed by atoms with Crippen molar-refractivity contribution < 1.29 is 26.9 Å². The number of amides is 1. The van der Waals surface area contributed by atoms with Gasteiger partial charge in [-0.25, -0.2) is 4.79 Å². The highest BCUT2D eigenvalue weighted by molar-refractivity contribution is 7.85. The first-order chi connectivity index (χ1) is 13.8. The number of carbonyl (C=O) groups excluding carboxylic acids is 1. The van der Waals surface area contributed by atoms with Gasteiger partial charge >= 0.3 is 6.09 Å². The Morgan fingerprint density at radius 1 is 1.37 bits per heavy atom. The molecule has 30 heavy (non-hydrogen) atoms. The summed E-state index contributed by atoms with van der Waals surface area (Å²) in [5.74, 6) is 0.370. The lowest BCUT2D eigenvalue weighted by Gasteiger charge is -2.27. The van der Waals surface area contributed by atoms with Crippen LogP contribution in [0, 0.1) is 0 Å². The average molecular weight is 457 g/mol. The molecule has 1 amide bonds. The van der Waals surface area contributed by atoms with Crippen LogP contribution in [0.4, 0.5) is 4.79 Å². The van der Waals surface area contributed by atoms with Gasteiger partial charge in [-0.3, -0.25) is 14.1 Å². The molecule has 1 atom stereocenters. The Hall–Kier alpha value is -2.10. The quantitative estimate of drug-likeness (QED) is 0.636. The zero-order valence-electron chi connectivity index (χ0n) is 17.8. The summed E-state index contributed by atoms with van der Waals surface area (Å²) in [5, 5.41) is 0.954. The van der Waals surface area contributed by atoms with E-state index in [1.807, 2.05) is 27.7 Å². The molecule has 164 valence electrons. The van der Waals surface area contributed by atoms with Gasteiger partial charge in [-0.05, 0) is 44.9 Å². The molecule has 10 heteroatoms. The highest BCUT2D eigenvalue weighted by Crippen LogP contribution is 2.43. The number of carbonyl (C=O) groups is 1. The van der Waals surface area contributed by atoms with Gasteiger partial charge in [0.15, 0.2) is 0 Å². The van der Waals surface area contributed by atoms with Crippen LogP contribution in [0.1, 0.15) is 50.4 Å². The summed E-state index contributed by atoms with van der Waals surface area (Å²) in [7, 11) is -2.21. The van der Waals surface area contributed by atoms with Crippen LogP contribution in [0.25, 0.3) is 10.9 Å². The second-order valence-corrected chi connectivity index (χ2v) is 10.2. The van der Waals surface area contributed by atoms with E-state index in [9.17, 15) is 13.2 Å². The molecule has 0 radical (unpaired) electrons. The third-order valence-electron chi connectivity index (χ3n) is 4.77. The minimum atomic E-state index is -3.68. The first-order valence-electron chi connectivity index (χ1n) is 9.33. The van der Waals surface area contributed by atoms with Gasteiger partial charge in [0.1, 0.15) is 11.4 Å². The molecule has 1 aliphatic rings. The SMILES string of the molecule is COc1cc2c3c(cnc2c(COS(C)(=O)=O)c1Cl)CN(C(=O)OC(C)(C)C)[C@H]3C. The number of methoxy groups -OCH3 is 1. The Balaban J connectivity index is 2.11. The topological polar surface area (TPSA) is 95.0 Å². The average Bonchev–Trinajstić information content (AvgIpc) is 2.95. The summed E-state index contributed by atoms with van der Waals surface area (Å²) in [6.07, 6.45) is 2.22. The Bertz CT molecular complexity index is 1110. The standard InChI is InChI=1S/C20H25ClN2O6S/c1-11-16-12(9-23(11)19(24)29-20(2,3)4)8-22-18-13(16)7-15(27-5)17(21)14(18)10-28-30(6,25)26/h7-8,11H,9-10H2,1-6H3/t11-/m0/s1. The lowest BCUT2D eigenvalue weighted by Crippen LogP contribution is -2.35. The van der Waals surface area contributed by atoms with E-state index in [0.717, 1.165) is 22.8 Å². The van der Waals surface area contributed by atoms with Crippen molar-refractivity contribution in [3.05, 3.63) is 34.0 Å². The maximum absolute atomic E-state index is 12.7.